The summed E-state index contributed by atoms with van der Waals surface area (Å²) in [6.45, 7) is 0. The van der Waals surface area contributed by atoms with Gasteiger partial charge in [-0.15, -0.1) is 0 Å². The Labute approximate surface area is 127 Å². The van der Waals surface area contributed by atoms with E-state index in [1.165, 1.54) is 19.2 Å². The van der Waals surface area contributed by atoms with Crippen molar-refractivity contribution in [3.8, 4) is 5.75 Å². The van der Waals surface area contributed by atoms with Crippen LogP contribution < -0.4 is 10.5 Å². The van der Waals surface area contributed by atoms with Crippen molar-refractivity contribution in [1.29, 1.82) is 0 Å². The molecule has 0 aliphatic heterocycles. The van der Waals surface area contributed by atoms with Crippen molar-refractivity contribution in [2.24, 2.45) is 0 Å². The van der Waals surface area contributed by atoms with E-state index in [4.69, 9.17) is 10.5 Å². The molecule has 0 atom stereocenters. The topological polar surface area (TPSA) is 35.2 Å². The van der Waals surface area contributed by atoms with E-state index >= 15 is 0 Å². The Bertz CT molecular complexity index is 661. The molecule has 0 saturated heterocycles. The lowest BCUT2D eigenvalue weighted by Crippen LogP contribution is -2.06. The third-order valence-corrected chi connectivity index (χ3v) is 3.60. The predicted molar refractivity (Wildman–Crippen MR) is 79.2 cm³/mol. The van der Waals surface area contributed by atoms with Crippen LogP contribution in [0, 0.1) is 21.0 Å². The van der Waals surface area contributed by atoms with Gasteiger partial charge in [0.25, 0.3) is 0 Å². The lowest BCUT2D eigenvalue weighted by Gasteiger charge is -2.12. The van der Waals surface area contributed by atoms with Gasteiger partial charge in [0.2, 0.25) is 0 Å². The maximum atomic E-state index is 13.8. The SMILES string of the molecule is COc1cc(F)c(F)c(Cc2ccc(I)cc2F)c1N. The second-order valence-corrected chi connectivity index (χ2v) is 5.43. The van der Waals surface area contributed by atoms with E-state index < -0.39 is 17.5 Å². The van der Waals surface area contributed by atoms with Gasteiger partial charge in [0.05, 0.1) is 12.8 Å². The van der Waals surface area contributed by atoms with Crippen molar-refractivity contribution in [3.63, 3.8) is 0 Å². The quantitative estimate of drug-likeness (QED) is 0.635. The van der Waals surface area contributed by atoms with Crippen LogP contribution in [0.4, 0.5) is 18.9 Å². The molecular weight excluding hydrogens is 382 g/mol. The Morgan fingerprint density at radius 2 is 1.85 bits per heavy atom. The molecule has 106 valence electrons. The number of rotatable bonds is 3. The molecule has 0 radical (unpaired) electrons. The third-order valence-electron chi connectivity index (χ3n) is 2.93. The largest absolute Gasteiger partial charge is 0.494 e. The third kappa shape index (κ3) is 2.84. The monoisotopic (exact) mass is 393 g/mol. The molecule has 2 nitrogen and oxygen atoms in total. The summed E-state index contributed by atoms with van der Waals surface area (Å²) >= 11 is 1.96. The molecule has 0 unspecified atom stereocenters. The summed E-state index contributed by atoms with van der Waals surface area (Å²) in [4.78, 5) is 0. The number of hydrogen-bond donors (Lipinski definition) is 1. The normalized spacial score (nSPS) is 10.7. The average Bonchev–Trinajstić information content (AvgIpc) is 2.41. The van der Waals surface area contributed by atoms with Crippen molar-refractivity contribution >= 4 is 28.3 Å². The summed E-state index contributed by atoms with van der Waals surface area (Å²) in [5.41, 5.74) is 5.84. The molecular formula is C14H11F3INO. The number of nitrogens with two attached hydrogens (primary N) is 1. The second-order valence-electron chi connectivity index (χ2n) is 4.18. The molecule has 2 aromatic rings. The zero-order valence-corrected chi connectivity index (χ0v) is 12.7. The average molecular weight is 393 g/mol. The molecule has 20 heavy (non-hydrogen) atoms. The van der Waals surface area contributed by atoms with Gasteiger partial charge < -0.3 is 10.5 Å². The molecule has 2 aromatic carbocycles. The molecule has 0 heterocycles. The lowest BCUT2D eigenvalue weighted by atomic mass is 10.0. The van der Waals surface area contributed by atoms with Gasteiger partial charge in [-0.2, -0.15) is 0 Å². The number of halogens is 4. The fourth-order valence-electron chi connectivity index (χ4n) is 1.86. The zero-order chi connectivity index (χ0) is 14.9. The van der Waals surface area contributed by atoms with E-state index in [9.17, 15) is 13.2 Å². The highest BCUT2D eigenvalue weighted by Gasteiger charge is 2.18. The molecule has 0 aliphatic carbocycles. The van der Waals surface area contributed by atoms with Gasteiger partial charge in [-0.3, -0.25) is 0 Å². The van der Waals surface area contributed by atoms with Crippen molar-refractivity contribution in [3.05, 3.63) is 56.4 Å². The first-order valence-corrected chi connectivity index (χ1v) is 6.76. The molecule has 0 spiro atoms. The Morgan fingerprint density at radius 3 is 2.45 bits per heavy atom. The number of nitrogen functional groups attached to an aromatic ring is 1. The highest BCUT2D eigenvalue weighted by atomic mass is 127. The summed E-state index contributed by atoms with van der Waals surface area (Å²) in [6.07, 6.45) is -0.144. The molecule has 0 saturated carbocycles. The van der Waals surface area contributed by atoms with Crippen LogP contribution in [0.2, 0.25) is 0 Å². The van der Waals surface area contributed by atoms with Crippen LogP contribution in [0.1, 0.15) is 11.1 Å². The van der Waals surface area contributed by atoms with Crippen LogP contribution in [0.5, 0.6) is 5.75 Å². The van der Waals surface area contributed by atoms with Crippen molar-refractivity contribution in [2.45, 2.75) is 6.42 Å². The Morgan fingerprint density at radius 1 is 1.15 bits per heavy atom. The van der Waals surface area contributed by atoms with Crippen molar-refractivity contribution < 1.29 is 17.9 Å². The number of anilines is 1. The van der Waals surface area contributed by atoms with Crippen LogP contribution in [-0.4, -0.2) is 7.11 Å². The first-order valence-electron chi connectivity index (χ1n) is 5.68. The fourth-order valence-corrected chi connectivity index (χ4v) is 2.32. The van der Waals surface area contributed by atoms with E-state index in [0.717, 1.165) is 6.07 Å². The van der Waals surface area contributed by atoms with Gasteiger partial charge in [-0.05, 0) is 40.3 Å². The van der Waals surface area contributed by atoms with Gasteiger partial charge in [-0.1, -0.05) is 6.07 Å². The Balaban J connectivity index is 2.50. The van der Waals surface area contributed by atoms with Crippen molar-refractivity contribution in [2.75, 3.05) is 12.8 Å². The van der Waals surface area contributed by atoms with Gasteiger partial charge >= 0.3 is 0 Å². The summed E-state index contributed by atoms with van der Waals surface area (Å²) < 4.78 is 46.7. The van der Waals surface area contributed by atoms with Crippen LogP contribution in [0.3, 0.4) is 0 Å². The van der Waals surface area contributed by atoms with Crippen LogP contribution in [-0.2, 0) is 6.42 Å². The summed E-state index contributed by atoms with van der Waals surface area (Å²) in [7, 11) is 1.30. The van der Waals surface area contributed by atoms with Crippen LogP contribution in [0.25, 0.3) is 0 Å². The molecule has 0 amide bonds. The molecule has 0 bridgehead atoms. The number of methoxy groups -OCH3 is 1. The minimum atomic E-state index is -1.08. The minimum absolute atomic E-state index is 0.0237. The maximum Gasteiger partial charge on any atom is 0.164 e. The van der Waals surface area contributed by atoms with E-state index in [2.05, 4.69) is 0 Å². The molecule has 6 heteroatoms. The summed E-state index contributed by atoms with van der Waals surface area (Å²) in [5, 5.41) is 0. The Hall–Kier alpha value is -1.44. The summed E-state index contributed by atoms with van der Waals surface area (Å²) in [6, 6.07) is 5.40. The molecule has 2 rings (SSSR count). The molecule has 2 N–H and O–H groups in total. The smallest absolute Gasteiger partial charge is 0.164 e. The predicted octanol–water partition coefficient (Wildman–Crippen LogP) is 3.89. The van der Waals surface area contributed by atoms with E-state index in [1.54, 1.807) is 6.07 Å². The fraction of sp³-hybridized carbons (Fsp3) is 0.143. The maximum absolute atomic E-state index is 13.8. The van der Waals surface area contributed by atoms with E-state index in [-0.39, 0.29) is 29.0 Å². The first-order chi connectivity index (χ1) is 9.43. The van der Waals surface area contributed by atoms with Crippen LogP contribution >= 0.6 is 22.6 Å². The van der Waals surface area contributed by atoms with Gasteiger partial charge in [0.15, 0.2) is 11.6 Å². The van der Waals surface area contributed by atoms with E-state index in [1.807, 2.05) is 22.6 Å². The molecule has 0 fully saturated rings. The van der Waals surface area contributed by atoms with Gasteiger partial charge in [0, 0.05) is 21.6 Å². The van der Waals surface area contributed by atoms with Crippen LogP contribution in [0.15, 0.2) is 24.3 Å². The van der Waals surface area contributed by atoms with Crippen molar-refractivity contribution in [1.82, 2.24) is 0 Å². The molecule has 0 aliphatic rings. The number of ether oxygens (including phenoxy) is 1. The standard InChI is InChI=1S/C14H11F3INO/c1-20-12-6-11(16)13(17)9(14(12)19)4-7-2-3-8(18)5-10(7)15/h2-3,5-6H,4,19H2,1H3. The highest BCUT2D eigenvalue weighted by molar-refractivity contribution is 14.1. The number of hydrogen-bond acceptors (Lipinski definition) is 2. The summed E-state index contributed by atoms with van der Waals surface area (Å²) in [5.74, 6) is -2.61. The van der Waals surface area contributed by atoms with E-state index in [0.29, 0.717) is 3.57 Å². The van der Waals surface area contributed by atoms with Gasteiger partial charge in [0.1, 0.15) is 11.6 Å². The minimum Gasteiger partial charge on any atom is -0.494 e. The lowest BCUT2D eigenvalue weighted by molar-refractivity contribution is 0.407. The van der Waals surface area contributed by atoms with Gasteiger partial charge in [-0.25, -0.2) is 13.2 Å². The molecule has 0 aromatic heterocycles. The highest BCUT2D eigenvalue weighted by Crippen LogP contribution is 2.32. The zero-order valence-electron chi connectivity index (χ0n) is 10.5. The number of benzene rings is 2. The first kappa shape index (κ1) is 15.0. The Kier molecular flexibility index (Phi) is 4.42. The second kappa shape index (κ2) is 5.90.